The normalized spacial score (nSPS) is 10.5. The van der Waals surface area contributed by atoms with Crippen molar-refractivity contribution in [3.63, 3.8) is 0 Å². The number of carbonyl (C=O) groups excluding carboxylic acids is 1. The molecule has 1 heterocycles. The van der Waals surface area contributed by atoms with Crippen LogP contribution < -0.4 is 5.32 Å². The van der Waals surface area contributed by atoms with Gasteiger partial charge < -0.3 is 5.32 Å². The Labute approximate surface area is 138 Å². The summed E-state index contributed by atoms with van der Waals surface area (Å²) >= 11 is 5.81. The molecule has 3 aromatic rings. The van der Waals surface area contributed by atoms with Crippen molar-refractivity contribution in [3.8, 4) is 0 Å². The van der Waals surface area contributed by atoms with Crippen LogP contribution in [0.15, 0.2) is 54.6 Å². The van der Waals surface area contributed by atoms with Crippen molar-refractivity contribution in [1.82, 2.24) is 15.2 Å². The van der Waals surface area contributed by atoms with Crippen LogP contribution in [-0.4, -0.2) is 21.1 Å². The van der Waals surface area contributed by atoms with E-state index in [4.69, 9.17) is 11.6 Å². The summed E-state index contributed by atoms with van der Waals surface area (Å²) in [5, 5.41) is 10.4. The largest absolute Gasteiger partial charge is 0.326 e. The van der Waals surface area contributed by atoms with Crippen LogP contribution in [0, 0.1) is 0 Å². The van der Waals surface area contributed by atoms with E-state index in [1.807, 2.05) is 30.3 Å². The zero-order valence-corrected chi connectivity index (χ0v) is 13.0. The summed E-state index contributed by atoms with van der Waals surface area (Å²) in [6, 6.07) is 16.9. The Morgan fingerprint density at radius 3 is 2.57 bits per heavy atom. The first-order valence-corrected chi connectivity index (χ1v) is 7.56. The van der Waals surface area contributed by atoms with Gasteiger partial charge in [-0.2, -0.15) is 5.10 Å². The molecule has 0 saturated carbocycles. The van der Waals surface area contributed by atoms with Crippen LogP contribution >= 0.6 is 11.6 Å². The molecule has 0 spiro atoms. The molecule has 1 aromatic heterocycles. The molecule has 0 aliphatic carbocycles. The van der Waals surface area contributed by atoms with E-state index in [2.05, 4.69) is 20.5 Å². The van der Waals surface area contributed by atoms with Crippen molar-refractivity contribution in [3.05, 3.63) is 76.8 Å². The second-order valence-electron chi connectivity index (χ2n) is 5.09. The molecular weight excluding hydrogens is 312 g/mol. The number of aromatic amines is 1. The number of nitrogens with one attached hydrogen (secondary N) is 2. The van der Waals surface area contributed by atoms with E-state index < -0.39 is 0 Å². The van der Waals surface area contributed by atoms with Crippen molar-refractivity contribution in [2.45, 2.75) is 12.8 Å². The molecule has 3 rings (SSSR count). The maximum atomic E-state index is 12.0. The highest BCUT2D eigenvalue weighted by molar-refractivity contribution is 6.30. The third-order valence-electron chi connectivity index (χ3n) is 3.24. The fourth-order valence-electron chi connectivity index (χ4n) is 2.16. The molecule has 0 atom stereocenters. The van der Waals surface area contributed by atoms with Crippen LogP contribution in [0.5, 0.6) is 0 Å². The van der Waals surface area contributed by atoms with Crippen LogP contribution in [0.25, 0.3) is 0 Å². The number of aromatic nitrogens is 3. The second-order valence-corrected chi connectivity index (χ2v) is 5.53. The molecule has 5 nitrogen and oxygen atoms in total. The molecule has 0 bridgehead atoms. The maximum Gasteiger partial charge on any atom is 0.232 e. The minimum Gasteiger partial charge on any atom is -0.326 e. The van der Waals surface area contributed by atoms with Crippen molar-refractivity contribution in [2.24, 2.45) is 0 Å². The number of amides is 1. The maximum absolute atomic E-state index is 12.0. The molecule has 0 radical (unpaired) electrons. The second kappa shape index (κ2) is 7.07. The number of rotatable bonds is 5. The van der Waals surface area contributed by atoms with Gasteiger partial charge in [-0.1, -0.05) is 41.9 Å². The standard InChI is InChI=1S/C17H15ClN4O/c18-13-6-8-14(9-7-13)19-17(23)11-16-20-15(21-22-16)10-12-4-2-1-3-5-12/h1-9H,10-11H2,(H,19,23)(H,20,21,22). The molecule has 6 heteroatoms. The van der Waals surface area contributed by atoms with Crippen LogP contribution in [0.3, 0.4) is 0 Å². The highest BCUT2D eigenvalue weighted by Crippen LogP contribution is 2.13. The van der Waals surface area contributed by atoms with E-state index in [1.165, 1.54) is 0 Å². The number of H-pyrrole nitrogens is 1. The number of halogens is 1. The van der Waals surface area contributed by atoms with Crippen molar-refractivity contribution in [1.29, 1.82) is 0 Å². The minimum atomic E-state index is -0.169. The fourth-order valence-corrected chi connectivity index (χ4v) is 2.29. The molecule has 0 unspecified atom stereocenters. The Morgan fingerprint density at radius 2 is 1.83 bits per heavy atom. The quantitative estimate of drug-likeness (QED) is 0.756. The summed E-state index contributed by atoms with van der Waals surface area (Å²) in [5.74, 6) is 1.05. The van der Waals surface area contributed by atoms with Crippen LogP contribution in [-0.2, 0) is 17.6 Å². The summed E-state index contributed by atoms with van der Waals surface area (Å²) in [7, 11) is 0. The van der Waals surface area contributed by atoms with Gasteiger partial charge >= 0.3 is 0 Å². The predicted octanol–water partition coefficient (Wildman–Crippen LogP) is 3.23. The number of benzene rings is 2. The lowest BCUT2D eigenvalue weighted by Gasteiger charge is -2.03. The van der Waals surface area contributed by atoms with Crippen LogP contribution in [0.2, 0.25) is 5.02 Å². The third-order valence-corrected chi connectivity index (χ3v) is 3.49. The van der Waals surface area contributed by atoms with Crippen molar-refractivity contribution < 1.29 is 4.79 Å². The SMILES string of the molecule is O=C(Cc1n[nH]c(Cc2ccccc2)n1)Nc1ccc(Cl)cc1. The molecule has 2 N–H and O–H groups in total. The smallest absolute Gasteiger partial charge is 0.232 e. The molecule has 2 aromatic carbocycles. The summed E-state index contributed by atoms with van der Waals surface area (Å²) in [6.07, 6.45) is 0.778. The molecule has 0 saturated heterocycles. The minimum absolute atomic E-state index is 0.119. The average Bonchev–Trinajstić information content (AvgIpc) is 2.97. The van der Waals surface area contributed by atoms with E-state index in [0.717, 1.165) is 11.4 Å². The number of hydrogen-bond acceptors (Lipinski definition) is 3. The van der Waals surface area contributed by atoms with Gasteiger partial charge in [-0.15, -0.1) is 0 Å². The van der Waals surface area contributed by atoms with Gasteiger partial charge in [0.15, 0.2) is 5.82 Å². The Balaban J connectivity index is 1.58. The van der Waals surface area contributed by atoms with E-state index >= 15 is 0 Å². The Morgan fingerprint density at radius 1 is 1.09 bits per heavy atom. The summed E-state index contributed by atoms with van der Waals surface area (Å²) in [5.41, 5.74) is 1.83. The number of nitrogens with zero attached hydrogens (tertiary/aromatic N) is 2. The number of anilines is 1. The van der Waals surface area contributed by atoms with Crippen molar-refractivity contribution >= 4 is 23.2 Å². The first-order valence-electron chi connectivity index (χ1n) is 7.18. The first-order chi connectivity index (χ1) is 11.2. The summed E-state index contributed by atoms with van der Waals surface area (Å²) in [4.78, 5) is 16.3. The Bertz CT molecular complexity index is 784. The predicted molar refractivity (Wildman–Crippen MR) is 89.4 cm³/mol. The molecule has 23 heavy (non-hydrogen) atoms. The monoisotopic (exact) mass is 326 g/mol. The topological polar surface area (TPSA) is 70.7 Å². The van der Waals surface area contributed by atoms with Gasteiger partial charge in [0.2, 0.25) is 5.91 Å². The molecule has 0 aliphatic heterocycles. The van der Waals surface area contributed by atoms with E-state index in [0.29, 0.717) is 23.0 Å². The highest BCUT2D eigenvalue weighted by atomic mass is 35.5. The Kier molecular flexibility index (Phi) is 4.68. The van der Waals surface area contributed by atoms with Gasteiger partial charge in [0.1, 0.15) is 5.82 Å². The lowest BCUT2D eigenvalue weighted by molar-refractivity contribution is -0.115. The van der Waals surface area contributed by atoms with Gasteiger partial charge in [0, 0.05) is 17.1 Å². The van der Waals surface area contributed by atoms with Gasteiger partial charge in [0.05, 0.1) is 6.42 Å². The van der Waals surface area contributed by atoms with Gasteiger partial charge in [-0.3, -0.25) is 9.89 Å². The first kappa shape index (κ1) is 15.2. The Hall–Kier alpha value is -2.66. The molecule has 0 aliphatic rings. The molecular formula is C17H15ClN4O. The molecule has 0 fully saturated rings. The summed E-state index contributed by atoms with van der Waals surface area (Å²) in [6.45, 7) is 0. The van der Waals surface area contributed by atoms with E-state index in [9.17, 15) is 4.79 Å². The zero-order valence-electron chi connectivity index (χ0n) is 12.3. The fraction of sp³-hybridized carbons (Fsp3) is 0.118. The lowest BCUT2D eigenvalue weighted by atomic mass is 10.1. The molecule has 116 valence electrons. The van der Waals surface area contributed by atoms with Gasteiger partial charge in [-0.05, 0) is 29.8 Å². The van der Waals surface area contributed by atoms with Crippen LogP contribution in [0.4, 0.5) is 5.69 Å². The average molecular weight is 327 g/mol. The molecule has 1 amide bonds. The number of carbonyl (C=O) groups is 1. The summed E-state index contributed by atoms with van der Waals surface area (Å²) < 4.78 is 0. The highest BCUT2D eigenvalue weighted by Gasteiger charge is 2.09. The van der Waals surface area contributed by atoms with Gasteiger partial charge in [0.25, 0.3) is 0 Å². The van der Waals surface area contributed by atoms with Crippen molar-refractivity contribution in [2.75, 3.05) is 5.32 Å². The zero-order chi connectivity index (χ0) is 16.1. The third kappa shape index (κ3) is 4.40. The van der Waals surface area contributed by atoms with Crippen LogP contribution in [0.1, 0.15) is 17.2 Å². The number of hydrogen-bond donors (Lipinski definition) is 2. The van der Waals surface area contributed by atoms with Gasteiger partial charge in [-0.25, -0.2) is 4.98 Å². The lowest BCUT2D eigenvalue weighted by Crippen LogP contribution is -2.15. The van der Waals surface area contributed by atoms with E-state index in [-0.39, 0.29) is 12.3 Å². The van der Waals surface area contributed by atoms with E-state index in [1.54, 1.807) is 24.3 Å².